The van der Waals surface area contributed by atoms with Crippen molar-refractivity contribution in [1.29, 1.82) is 0 Å². The third-order valence-corrected chi connectivity index (χ3v) is 0.831. The van der Waals surface area contributed by atoms with Crippen molar-refractivity contribution in [2.24, 2.45) is 5.73 Å². The number of ketones is 1. The van der Waals surface area contributed by atoms with Crippen LogP contribution in [0.5, 0.6) is 0 Å². The highest BCUT2D eigenvalue weighted by Crippen LogP contribution is 1.84. The number of allylic oxidation sites excluding steroid dienone is 1. The predicted molar refractivity (Wildman–Crippen MR) is 51.6 cm³/mol. The quantitative estimate of drug-likeness (QED) is 0.512. The zero-order chi connectivity index (χ0) is 11.7. The van der Waals surface area contributed by atoms with E-state index in [1.807, 2.05) is 13.8 Å². The van der Waals surface area contributed by atoms with E-state index < -0.39 is 5.97 Å². The Morgan fingerprint density at radius 3 is 1.64 bits per heavy atom. The average Bonchev–Trinajstić information content (AvgIpc) is 1.79. The van der Waals surface area contributed by atoms with Gasteiger partial charge >= 0.3 is 5.97 Å². The van der Waals surface area contributed by atoms with E-state index in [0.29, 0.717) is 0 Å². The van der Waals surface area contributed by atoms with Crippen LogP contribution in [0.15, 0.2) is 11.6 Å². The van der Waals surface area contributed by atoms with Crippen molar-refractivity contribution in [1.82, 2.24) is 0 Å². The Morgan fingerprint density at radius 2 is 1.64 bits per heavy atom. The van der Waals surface area contributed by atoms with Crippen molar-refractivity contribution in [3.63, 3.8) is 0 Å². The van der Waals surface area contributed by atoms with Crippen molar-refractivity contribution >= 4 is 17.7 Å². The molecule has 0 heterocycles. The van der Waals surface area contributed by atoms with Crippen LogP contribution in [0.3, 0.4) is 0 Å². The van der Waals surface area contributed by atoms with Crippen LogP contribution in [0.2, 0.25) is 0 Å². The first-order valence-electron chi connectivity index (χ1n) is 3.91. The Hall–Kier alpha value is -1.65. The van der Waals surface area contributed by atoms with Gasteiger partial charge in [0, 0.05) is 6.08 Å². The van der Waals surface area contributed by atoms with Gasteiger partial charge in [0.1, 0.15) is 12.2 Å². The number of hydrogen-bond donors (Lipinski definition) is 2. The first kappa shape index (κ1) is 14.9. The van der Waals surface area contributed by atoms with E-state index in [1.54, 1.807) is 0 Å². The molecular weight excluding hydrogens is 186 g/mol. The topological polar surface area (TPSA) is 97.5 Å². The summed E-state index contributed by atoms with van der Waals surface area (Å²) in [4.78, 5) is 29.4. The summed E-state index contributed by atoms with van der Waals surface area (Å²) in [6.07, 6.45) is 1.03. The molecular formula is C9H15NO4. The van der Waals surface area contributed by atoms with Gasteiger partial charge in [0.2, 0.25) is 5.91 Å². The molecule has 14 heavy (non-hydrogen) atoms. The van der Waals surface area contributed by atoms with E-state index in [-0.39, 0.29) is 18.1 Å². The number of carbonyl (C=O) groups is 3. The molecule has 5 heteroatoms. The molecule has 0 saturated heterocycles. The molecule has 0 aromatic rings. The molecule has 0 aliphatic carbocycles. The molecule has 0 unspecified atom stereocenters. The fourth-order valence-corrected chi connectivity index (χ4v) is 0.497. The van der Waals surface area contributed by atoms with Gasteiger partial charge < -0.3 is 10.8 Å². The maximum Gasteiger partial charge on any atom is 0.310 e. The summed E-state index contributed by atoms with van der Waals surface area (Å²) in [6.45, 7) is 4.89. The fourth-order valence-electron chi connectivity index (χ4n) is 0.497. The third kappa shape index (κ3) is 22.4. The zero-order valence-electron chi connectivity index (χ0n) is 8.53. The molecule has 3 N–H and O–H groups in total. The van der Waals surface area contributed by atoms with Gasteiger partial charge in [0.15, 0.2) is 0 Å². The lowest BCUT2D eigenvalue weighted by Gasteiger charge is -1.80. The normalized spacial score (nSPS) is 7.93. The standard InChI is InChI=1S/C5H9NO.C4H6O3/c1-4(2)3-5(6)7;1-3(5)2-4(6)7/h3H,1-2H3,(H2,6,7);2H2,1H3,(H,6,7). The van der Waals surface area contributed by atoms with Crippen molar-refractivity contribution < 1.29 is 19.5 Å². The molecule has 0 bridgehead atoms. The second-order valence-corrected chi connectivity index (χ2v) is 2.90. The molecule has 0 aromatic carbocycles. The van der Waals surface area contributed by atoms with Gasteiger partial charge in [-0.05, 0) is 20.8 Å². The Bertz CT molecular complexity index is 240. The number of Topliss-reactive ketones (excluding diaryl/α,β-unsaturated/α-hetero) is 1. The highest BCUT2D eigenvalue weighted by molar-refractivity contribution is 5.93. The minimum Gasteiger partial charge on any atom is -0.481 e. The predicted octanol–water partition coefficient (Wildman–Crippen LogP) is 0.488. The second-order valence-electron chi connectivity index (χ2n) is 2.90. The van der Waals surface area contributed by atoms with E-state index >= 15 is 0 Å². The highest BCUT2D eigenvalue weighted by Gasteiger charge is 1.98. The van der Waals surface area contributed by atoms with E-state index in [1.165, 1.54) is 13.0 Å². The van der Waals surface area contributed by atoms with Crippen LogP contribution in [0.4, 0.5) is 0 Å². The zero-order valence-corrected chi connectivity index (χ0v) is 8.53. The molecule has 0 aliphatic rings. The number of hydrogen-bond acceptors (Lipinski definition) is 3. The van der Waals surface area contributed by atoms with Crippen LogP contribution >= 0.6 is 0 Å². The molecule has 0 aliphatic heterocycles. The number of amides is 1. The number of carboxylic acid groups (broad SMARTS) is 1. The number of carboxylic acids is 1. The van der Waals surface area contributed by atoms with Crippen molar-refractivity contribution in [2.45, 2.75) is 27.2 Å². The first-order valence-corrected chi connectivity index (χ1v) is 3.91. The van der Waals surface area contributed by atoms with Gasteiger partial charge in [-0.25, -0.2) is 0 Å². The number of nitrogens with two attached hydrogens (primary N) is 1. The van der Waals surface area contributed by atoms with Crippen LogP contribution in [0.1, 0.15) is 27.2 Å². The maximum absolute atomic E-state index is 9.96. The summed E-state index contributed by atoms with van der Waals surface area (Å²) < 4.78 is 0. The summed E-state index contributed by atoms with van der Waals surface area (Å²) in [5.41, 5.74) is 5.72. The molecule has 0 spiro atoms. The smallest absolute Gasteiger partial charge is 0.310 e. The lowest BCUT2D eigenvalue weighted by Crippen LogP contribution is -2.05. The Morgan fingerprint density at radius 1 is 1.21 bits per heavy atom. The summed E-state index contributed by atoms with van der Waals surface area (Å²) in [5, 5.41) is 7.86. The van der Waals surface area contributed by atoms with Crippen LogP contribution in [-0.2, 0) is 14.4 Å². The molecule has 0 atom stereocenters. The van der Waals surface area contributed by atoms with Crippen molar-refractivity contribution in [3.05, 3.63) is 11.6 Å². The summed E-state index contributed by atoms with van der Waals surface area (Å²) in [6, 6.07) is 0. The minimum absolute atomic E-state index is 0.312. The molecule has 0 aromatic heterocycles. The summed E-state index contributed by atoms with van der Waals surface area (Å²) in [7, 11) is 0. The van der Waals surface area contributed by atoms with Crippen molar-refractivity contribution in [2.75, 3.05) is 0 Å². The van der Waals surface area contributed by atoms with Crippen LogP contribution in [-0.4, -0.2) is 22.8 Å². The van der Waals surface area contributed by atoms with Gasteiger partial charge in [-0.2, -0.15) is 0 Å². The second kappa shape index (κ2) is 7.97. The fraction of sp³-hybridized carbons (Fsp3) is 0.444. The number of carbonyl (C=O) groups excluding carboxylic acids is 2. The van der Waals surface area contributed by atoms with E-state index in [0.717, 1.165) is 5.57 Å². The largest absolute Gasteiger partial charge is 0.481 e. The maximum atomic E-state index is 9.96. The van der Waals surface area contributed by atoms with E-state index in [2.05, 4.69) is 0 Å². The van der Waals surface area contributed by atoms with Crippen LogP contribution in [0, 0.1) is 0 Å². The third-order valence-electron chi connectivity index (χ3n) is 0.831. The lowest BCUT2D eigenvalue weighted by atomic mass is 10.3. The van der Waals surface area contributed by atoms with Gasteiger partial charge in [-0.15, -0.1) is 0 Å². The minimum atomic E-state index is -1.06. The van der Waals surface area contributed by atoms with Crippen LogP contribution < -0.4 is 5.73 Å². The Labute approximate surface area is 82.6 Å². The number of aliphatic carboxylic acids is 1. The van der Waals surface area contributed by atoms with E-state index in [4.69, 9.17) is 10.8 Å². The molecule has 5 nitrogen and oxygen atoms in total. The van der Waals surface area contributed by atoms with Gasteiger partial charge in [-0.3, -0.25) is 14.4 Å². The lowest BCUT2D eigenvalue weighted by molar-refractivity contribution is -0.139. The Balaban J connectivity index is 0. The van der Waals surface area contributed by atoms with Crippen LogP contribution in [0.25, 0.3) is 0 Å². The average molecular weight is 201 g/mol. The number of primary amides is 1. The van der Waals surface area contributed by atoms with Gasteiger partial charge in [0.05, 0.1) is 0 Å². The molecule has 80 valence electrons. The first-order chi connectivity index (χ1) is 6.25. The summed E-state index contributed by atoms with van der Waals surface area (Å²) >= 11 is 0. The molecule has 0 rings (SSSR count). The number of rotatable bonds is 3. The highest BCUT2D eigenvalue weighted by atomic mass is 16.4. The SMILES string of the molecule is CC(=O)CC(=O)O.CC(C)=CC(N)=O. The van der Waals surface area contributed by atoms with Crippen molar-refractivity contribution in [3.8, 4) is 0 Å². The molecule has 1 amide bonds. The molecule has 0 fully saturated rings. The molecule has 0 radical (unpaired) electrons. The Kier molecular flexibility index (Phi) is 8.46. The molecule has 0 saturated carbocycles. The summed E-state index contributed by atoms with van der Waals surface area (Å²) in [5.74, 6) is -1.75. The van der Waals surface area contributed by atoms with Gasteiger partial charge in [0.25, 0.3) is 0 Å². The monoisotopic (exact) mass is 201 g/mol. The van der Waals surface area contributed by atoms with E-state index in [9.17, 15) is 14.4 Å². The van der Waals surface area contributed by atoms with Gasteiger partial charge in [-0.1, -0.05) is 5.57 Å².